The highest BCUT2D eigenvalue weighted by Crippen LogP contribution is 2.22. The van der Waals surface area contributed by atoms with Crippen LogP contribution in [0.1, 0.15) is 33.6 Å². The van der Waals surface area contributed by atoms with Crippen molar-refractivity contribution >= 4 is 6.79 Å². The van der Waals surface area contributed by atoms with Crippen LogP contribution in [-0.2, 0) is 4.79 Å². The molecule has 0 aromatic heterocycles. The van der Waals surface area contributed by atoms with Gasteiger partial charge in [-0.15, -0.1) is 0 Å². The van der Waals surface area contributed by atoms with Crippen LogP contribution in [-0.4, -0.2) is 12.3 Å². The molecule has 1 atom stereocenters. The molecule has 1 aliphatic carbocycles. The zero-order chi connectivity index (χ0) is 9.56. The highest BCUT2D eigenvalue weighted by molar-refractivity contribution is 5.26. The van der Waals surface area contributed by atoms with E-state index in [-0.39, 0.29) is 5.48 Å². The van der Waals surface area contributed by atoms with Crippen LogP contribution in [0.2, 0.25) is 0 Å². The Bertz CT molecular complexity index is 188. The second kappa shape index (κ2) is 7.74. The summed E-state index contributed by atoms with van der Waals surface area (Å²) in [6.45, 7) is 8.66. The molecule has 0 amide bonds. The van der Waals surface area contributed by atoms with Gasteiger partial charge in [-0.05, 0) is 38.2 Å². The lowest BCUT2D eigenvalue weighted by atomic mass is 9.92. The van der Waals surface area contributed by atoms with Crippen molar-refractivity contribution in [3.8, 4) is 0 Å². The zero-order valence-electron chi connectivity index (χ0n) is 8.76. The van der Waals surface area contributed by atoms with E-state index in [1.165, 1.54) is 24.0 Å². The molecule has 1 rings (SSSR count). The van der Waals surface area contributed by atoms with E-state index in [2.05, 4.69) is 32.9 Å². The lowest BCUT2D eigenvalue weighted by Crippen LogP contribution is -1.97. The van der Waals surface area contributed by atoms with Crippen LogP contribution >= 0.6 is 0 Å². The summed E-state index contributed by atoms with van der Waals surface area (Å²) in [6.07, 6.45) is 7.20. The molecule has 76 valence electrons. The molecule has 0 bridgehead atoms. The average molecular weight is 184 g/mol. The van der Waals surface area contributed by atoms with E-state index in [1.54, 1.807) is 0 Å². The predicted octanol–water partition coefficient (Wildman–Crippen LogP) is 2.30. The van der Waals surface area contributed by atoms with Crippen LogP contribution in [0.5, 0.6) is 0 Å². The molecule has 0 aromatic rings. The minimum Gasteiger partial charge on any atom is -0.412 e. The van der Waals surface area contributed by atoms with Gasteiger partial charge >= 0.3 is 0 Å². The number of rotatable bonds is 0. The number of hydrogen-bond acceptors (Lipinski definition) is 1. The second-order valence-electron chi connectivity index (χ2n) is 3.40. The van der Waals surface area contributed by atoms with Gasteiger partial charge in [-0.1, -0.05) is 24.6 Å². The Morgan fingerprint density at radius 1 is 1.46 bits per heavy atom. The zero-order valence-corrected chi connectivity index (χ0v) is 8.76. The normalized spacial score (nSPS) is 19.6. The fraction of sp³-hybridized carbons (Fsp3) is 0.545. The fourth-order valence-electron chi connectivity index (χ4n) is 1.26. The summed E-state index contributed by atoms with van der Waals surface area (Å²) in [4.78, 5) is 8.00. The van der Waals surface area contributed by atoms with E-state index in [9.17, 15) is 0 Å². The van der Waals surface area contributed by atoms with Gasteiger partial charge in [0.2, 0.25) is 0 Å². The quantitative estimate of drug-likeness (QED) is 0.570. The molecule has 0 aliphatic heterocycles. The van der Waals surface area contributed by atoms with E-state index in [1.807, 2.05) is 6.79 Å². The summed E-state index contributed by atoms with van der Waals surface area (Å²) in [5, 5.41) is 0. The molecule has 0 radical (unpaired) electrons. The molecule has 0 saturated heterocycles. The van der Waals surface area contributed by atoms with Crippen molar-refractivity contribution in [1.82, 2.24) is 0 Å². The van der Waals surface area contributed by atoms with Crippen LogP contribution in [0.4, 0.5) is 0 Å². The van der Waals surface area contributed by atoms with E-state index >= 15 is 0 Å². The van der Waals surface area contributed by atoms with Gasteiger partial charge in [-0.3, -0.25) is 0 Å². The average Bonchev–Trinajstić information content (AvgIpc) is 2.09. The van der Waals surface area contributed by atoms with Crippen LogP contribution in [0.3, 0.4) is 0 Å². The highest BCUT2D eigenvalue weighted by atomic mass is 16.1. The Labute approximate surface area is 80.7 Å². The van der Waals surface area contributed by atoms with Crippen molar-refractivity contribution in [3.05, 3.63) is 23.3 Å². The number of hydrogen-bond donors (Lipinski definition) is 0. The number of carbonyl (C=O) groups is 1. The summed E-state index contributed by atoms with van der Waals surface area (Å²) >= 11 is 0. The Balaban J connectivity index is 0. The minimum atomic E-state index is 0. The molecular weight excluding hydrogens is 164 g/mol. The van der Waals surface area contributed by atoms with Gasteiger partial charge in [-0.25, -0.2) is 0 Å². The van der Waals surface area contributed by atoms with Crippen molar-refractivity contribution < 1.29 is 10.3 Å². The lowest BCUT2D eigenvalue weighted by Gasteiger charge is -2.14. The summed E-state index contributed by atoms with van der Waals surface area (Å²) in [6, 6.07) is 0. The second-order valence-corrected chi connectivity index (χ2v) is 3.40. The Hall–Kier alpha value is -0.890. The third-order valence-electron chi connectivity index (χ3n) is 2.14. The molecule has 0 spiro atoms. The van der Waals surface area contributed by atoms with Crippen LogP contribution in [0, 0.1) is 5.92 Å². The van der Waals surface area contributed by atoms with Gasteiger partial charge in [0.15, 0.2) is 0 Å². The maximum atomic E-state index is 8.00. The lowest BCUT2D eigenvalue weighted by molar-refractivity contribution is -0.0979. The topological polar surface area (TPSA) is 48.6 Å². The van der Waals surface area contributed by atoms with Crippen LogP contribution in [0.15, 0.2) is 23.3 Å². The standard InChI is InChI=1S/C10H16.CH2O.H2O/c1-8(2)10-6-4-9(3)5-7-10;1-2;/h4,6,9H,5,7H2,1-3H3;1H2;1H2. The molecule has 2 heteroatoms. The molecule has 1 unspecified atom stereocenters. The molecular formula is C11H20O2. The van der Waals surface area contributed by atoms with Gasteiger partial charge in [0.05, 0.1) is 0 Å². The first-order chi connectivity index (χ1) is 5.70. The largest absolute Gasteiger partial charge is 0.412 e. The third kappa shape index (κ3) is 5.36. The van der Waals surface area contributed by atoms with Crippen molar-refractivity contribution in [2.75, 3.05) is 0 Å². The van der Waals surface area contributed by atoms with E-state index in [4.69, 9.17) is 4.79 Å². The van der Waals surface area contributed by atoms with Crippen LogP contribution < -0.4 is 0 Å². The first-order valence-corrected chi connectivity index (χ1v) is 4.33. The maximum absolute atomic E-state index is 8.00. The summed E-state index contributed by atoms with van der Waals surface area (Å²) < 4.78 is 0. The van der Waals surface area contributed by atoms with E-state index < -0.39 is 0 Å². The molecule has 13 heavy (non-hydrogen) atoms. The van der Waals surface area contributed by atoms with Gasteiger partial charge < -0.3 is 10.3 Å². The monoisotopic (exact) mass is 184 g/mol. The Morgan fingerprint density at radius 3 is 2.31 bits per heavy atom. The molecule has 0 aromatic carbocycles. The SMILES string of the molecule is C=O.CC(C)=C1C=CC(C)CC1.O. The van der Waals surface area contributed by atoms with E-state index in [0.29, 0.717) is 0 Å². The van der Waals surface area contributed by atoms with Crippen molar-refractivity contribution in [3.63, 3.8) is 0 Å². The summed E-state index contributed by atoms with van der Waals surface area (Å²) in [5.74, 6) is 0.795. The highest BCUT2D eigenvalue weighted by Gasteiger charge is 2.05. The maximum Gasteiger partial charge on any atom is 0.106 e. The van der Waals surface area contributed by atoms with Crippen molar-refractivity contribution in [2.45, 2.75) is 33.6 Å². The summed E-state index contributed by atoms with van der Waals surface area (Å²) in [7, 11) is 0. The number of carbonyl (C=O) groups excluding carboxylic acids is 1. The van der Waals surface area contributed by atoms with Gasteiger partial charge in [0.1, 0.15) is 6.79 Å². The van der Waals surface area contributed by atoms with Gasteiger partial charge in [-0.2, -0.15) is 0 Å². The smallest absolute Gasteiger partial charge is 0.106 e. The van der Waals surface area contributed by atoms with E-state index in [0.717, 1.165) is 5.92 Å². The molecule has 0 fully saturated rings. The first-order valence-electron chi connectivity index (χ1n) is 4.33. The summed E-state index contributed by atoms with van der Waals surface area (Å²) in [5.41, 5.74) is 3.02. The molecule has 2 nitrogen and oxygen atoms in total. The third-order valence-corrected chi connectivity index (χ3v) is 2.14. The van der Waals surface area contributed by atoms with Gasteiger partial charge in [0.25, 0.3) is 0 Å². The minimum absolute atomic E-state index is 0. The fourth-order valence-corrected chi connectivity index (χ4v) is 1.26. The predicted molar refractivity (Wildman–Crippen MR) is 56.6 cm³/mol. The molecule has 1 aliphatic rings. The Morgan fingerprint density at radius 2 is 2.00 bits per heavy atom. The number of allylic oxidation sites excluding steroid dienone is 4. The Kier molecular flexibility index (Phi) is 8.71. The van der Waals surface area contributed by atoms with Crippen LogP contribution in [0.25, 0.3) is 0 Å². The van der Waals surface area contributed by atoms with Crippen molar-refractivity contribution in [1.29, 1.82) is 0 Å². The molecule has 0 saturated carbocycles. The molecule has 0 heterocycles. The van der Waals surface area contributed by atoms with Crippen molar-refractivity contribution in [2.24, 2.45) is 5.92 Å². The van der Waals surface area contributed by atoms with Gasteiger partial charge in [0, 0.05) is 0 Å². The molecule has 2 N–H and O–H groups in total. The first kappa shape index (κ1) is 14.6.